The minimum absolute atomic E-state index is 0.0970. The number of nitrogens with zero attached hydrogens (tertiary/aromatic N) is 2. The highest BCUT2D eigenvalue weighted by Gasteiger charge is 2.23. The molecule has 0 fully saturated rings. The van der Waals surface area contributed by atoms with Crippen molar-refractivity contribution in [3.63, 3.8) is 0 Å². The van der Waals surface area contributed by atoms with Crippen LogP contribution in [0, 0.1) is 13.8 Å². The molecule has 0 bridgehead atoms. The van der Waals surface area contributed by atoms with Gasteiger partial charge in [-0.3, -0.25) is 19.0 Å². The molecule has 188 valence electrons. The van der Waals surface area contributed by atoms with Crippen LogP contribution in [0.3, 0.4) is 0 Å². The molecule has 3 N–H and O–H groups in total. The second-order valence-electron chi connectivity index (χ2n) is 9.41. The van der Waals surface area contributed by atoms with Crippen LogP contribution in [-0.4, -0.2) is 34.5 Å². The number of anilines is 1. The summed E-state index contributed by atoms with van der Waals surface area (Å²) in [6.45, 7) is 5.46. The van der Waals surface area contributed by atoms with E-state index in [4.69, 9.17) is 0 Å². The number of aryl methyl sites for hydroxylation is 3. The Morgan fingerprint density at radius 2 is 1.94 bits per heavy atom. The highest BCUT2D eigenvalue weighted by Crippen LogP contribution is 2.29. The first-order valence-electron chi connectivity index (χ1n) is 12.3. The molecule has 1 aromatic heterocycles. The van der Waals surface area contributed by atoms with E-state index in [1.807, 2.05) is 44.2 Å². The van der Waals surface area contributed by atoms with Gasteiger partial charge in [-0.05, 0) is 63.8 Å². The van der Waals surface area contributed by atoms with Gasteiger partial charge in [0, 0.05) is 5.56 Å². The van der Waals surface area contributed by atoms with Crippen molar-refractivity contribution in [2.24, 2.45) is 0 Å². The predicted molar refractivity (Wildman–Crippen MR) is 141 cm³/mol. The van der Waals surface area contributed by atoms with Crippen LogP contribution in [0.1, 0.15) is 48.1 Å². The number of benzene rings is 2. The van der Waals surface area contributed by atoms with E-state index in [0.717, 1.165) is 41.5 Å². The quantitative estimate of drug-likeness (QED) is 0.474. The van der Waals surface area contributed by atoms with Crippen molar-refractivity contribution >= 4 is 17.6 Å². The van der Waals surface area contributed by atoms with Gasteiger partial charge in [-0.1, -0.05) is 48.0 Å². The zero-order valence-corrected chi connectivity index (χ0v) is 21.2. The van der Waals surface area contributed by atoms with Crippen molar-refractivity contribution in [1.82, 2.24) is 20.2 Å². The second kappa shape index (κ2) is 10.9. The molecule has 0 saturated heterocycles. The zero-order chi connectivity index (χ0) is 25.8. The largest absolute Gasteiger partial charge is 0.348 e. The van der Waals surface area contributed by atoms with Crippen molar-refractivity contribution in [1.29, 1.82) is 0 Å². The average molecular weight is 488 g/mol. The van der Waals surface area contributed by atoms with Crippen molar-refractivity contribution in [3.8, 4) is 11.3 Å². The van der Waals surface area contributed by atoms with Gasteiger partial charge >= 0.3 is 0 Å². The standard InChI is InChI=1S/C28H33N5O3/c1-17-12-13-21(18(2)14-17)24-15-30-26(32-27(35)19(3)29-4)28(36)33(24)16-25(34)31-23-11-7-9-20-8-5-6-10-22(20)23/h5-6,8,10,12-15,19,23,29H,7,9,11,16H2,1-4H3,(H,31,34)(H,30,32,35)/t19?,23-/m1/s1. The van der Waals surface area contributed by atoms with E-state index < -0.39 is 11.6 Å². The van der Waals surface area contributed by atoms with Crippen LogP contribution in [0.2, 0.25) is 0 Å². The number of aromatic nitrogens is 2. The molecule has 2 aromatic carbocycles. The van der Waals surface area contributed by atoms with Gasteiger partial charge < -0.3 is 16.0 Å². The third-order valence-electron chi connectivity index (χ3n) is 6.79. The first kappa shape index (κ1) is 25.3. The van der Waals surface area contributed by atoms with Gasteiger partial charge in [0.15, 0.2) is 5.82 Å². The predicted octanol–water partition coefficient (Wildman–Crippen LogP) is 3.27. The molecule has 4 rings (SSSR count). The van der Waals surface area contributed by atoms with Crippen LogP contribution in [0.25, 0.3) is 11.3 Å². The molecule has 8 nitrogen and oxygen atoms in total. The van der Waals surface area contributed by atoms with Crippen LogP contribution in [0.15, 0.2) is 53.5 Å². The third-order valence-corrected chi connectivity index (χ3v) is 6.79. The van der Waals surface area contributed by atoms with Gasteiger partial charge in [-0.15, -0.1) is 0 Å². The molecule has 1 unspecified atom stereocenters. The number of amides is 2. The lowest BCUT2D eigenvalue weighted by molar-refractivity contribution is -0.122. The van der Waals surface area contributed by atoms with Crippen molar-refractivity contribution in [2.75, 3.05) is 12.4 Å². The summed E-state index contributed by atoms with van der Waals surface area (Å²) in [6, 6.07) is 13.4. The molecule has 0 spiro atoms. The fourth-order valence-corrected chi connectivity index (χ4v) is 4.69. The van der Waals surface area contributed by atoms with E-state index in [1.54, 1.807) is 20.2 Å². The Bertz CT molecular complexity index is 1350. The summed E-state index contributed by atoms with van der Waals surface area (Å²) < 4.78 is 1.40. The molecule has 0 aliphatic heterocycles. The van der Waals surface area contributed by atoms with Crippen molar-refractivity contribution in [3.05, 3.63) is 81.3 Å². The lowest BCUT2D eigenvalue weighted by Gasteiger charge is -2.26. The summed E-state index contributed by atoms with van der Waals surface area (Å²) in [4.78, 5) is 43.4. The topological polar surface area (TPSA) is 105 Å². The Kier molecular flexibility index (Phi) is 7.64. The first-order valence-corrected chi connectivity index (χ1v) is 12.3. The lowest BCUT2D eigenvalue weighted by Crippen LogP contribution is -2.40. The Balaban J connectivity index is 1.68. The number of nitrogens with one attached hydrogen (secondary N) is 3. The summed E-state index contributed by atoms with van der Waals surface area (Å²) in [6.07, 6.45) is 4.38. The van der Waals surface area contributed by atoms with Crippen LogP contribution in [0.4, 0.5) is 5.82 Å². The molecule has 3 aromatic rings. The van der Waals surface area contributed by atoms with E-state index in [-0.39, 0.29) is 30.2 Å². The number of likely N-dealkylation sites (N-methyl/N-ethyl adjacent to an activating group) is 1. The molecule has 0 radical (unpaired) electrons. The molecule has 36 heavy (non-hydrogen) atoms. The molecular weight excluding hydrogens is 454 g/mol. The highest BCUT2D eigenvalue weighted by atomic mass is 16.2. The molecule has 8 heteroatoms. The first-order chi connectivity index (χ1) is 17.3. The normalized spacial score (nSPS) is 15.6. The van der Waals surface area contributed by atoms with E-state index >= 15 is 0 Å². The van der Waals surface area contributed by atoms with Crippen LogP contribution in [0.5, 0.6) is 0 Å². The maximum atomic E-state index is 13.5. The van der Waals surface area contributed by atoms with Gasteiger partial charge in [-0.2, -0.15) is 0 Å². The maximum Gasteiger partial charge on any atom is 0.294 e. The highest BCUT2D eigenvalue weighted by molar-refractivity contribution is 5.93. The van der Waals surface area contributed by atoms with Gasteiger partial charge in [0.2, 0.25) is 11.8 Å². The van der Waals surface area contributed by atoms with E-state index in [1.165, 1.54) is 10.1 Å². The van der Waals surface area contributed by atoms with E-state index in [9.17, 15) is 14.4 Å². The maximum absolute atomic E-state index is 13.5. The fourth-order valence-electron chi connectivity index (χ4n) is 4.69. The summed E-state index contributed by atoms with van der Waals surface area (Å²) in [5.41, 5.74) is 5.24. The molecule has 0 saturated carbocycles. The Labute approximate surface area is 211 Å². The monoisotopic (exact) mass is 487 g/mol. The molecule has 1 aliphatic carbocycles. The van der Waals surface area contributed by atoms with Crippen molar-refractivity contribution in [2.45, 2.75) is 58.7 Å². The summed E-state index contributed by atoms with van der Waals surface area (Å²) >= 11 is 0. The molecule has 1 heterocycles. The van der Waals surface area contributed by atoms with Gasteiger partial charge in [-0.25, -0.2) is 4.98 Å². The van der Waals surface area contributed by atoms with Crippen LogP contribution >= 0.6 is 0 Å². The Hall–Kier alpha value is -3.78. The summed E-state index contributed by atoms with van der Waals surface area (Å²) in [7, 11) is 1.66. The van der Waals surface area contributed by atoms with Gasteiger partial charge in [0.25, 0.3) is 5.56 Å². The number of hydrogen-bond acceptors (Lipinski definition) is 5. The summed E-state index contributed by atoms with van der Waals surface area (Å²) in [5.74, 6) is -0.750. The average Bonchev–Trinajstić information content (AvgIpc) is 2.86. The molecular formula is C28H33N5O3. The second-order valence-corrected chi connectivity index (χ2v) is 9.41. The fraction of sp³-hybridized carbons (Fsp3) is 0.357. The minimum Gasteiger partial charge on any atom is -0.348 e. The van der Waals surface area contributed by atoms with Gasteiger partial charge in [0.05, 0.1) is 24.0 Å². The zero-order valence-electron chi connectivity index (χ0n) is 21.2. The summed E-state index contributed by atoms with van der Waals surface area (Å²) in [5, 5.41) is 8.56. The van der Waals surface area contributed by atoms with Gasteiger partial charge in [0.1, 0.15) is 6.54 Å². The van der Waals surface area contributed by atoms with Crippen LogP contribution in [-0.2, 0) is 22.6 Å². The lowest BCUT2D eigenvalue weighted by atomic mass is 9.88. The number of rotatable bonds is 7. The molecule has 2 amide bonds. The SMILES string of the molecule is CNC(C)C(=O)Nc1ncc(-c2ccc(C)cc2C)n(CC(=O)N[C@@H]2CCCc3ccccc32)c1=O. The molecule has 1 aliphatic rings. The number of carbonyl (C=O) groups excluding carboxylic acids is 2. The van der Waals surface area contributed by atoms with Crippen molar-refractivity contribution < 1.29 is 9.59 Å². The minimum atomic E-state index is -0.525. The van der Waals surface area contributed by atoms with Crippen LogP contribution < -0.4 is 21.5 Å². The van der Waals surface area contributed by atoms with E-state index in [2.05, 4.69) is 33.1 Å². The number of hydrogen-bond donors (Lipinski definition) is 3. The Morgan fingerprint density at radius 3 is 2.69 bits per heavy atom. The third kappa shape index (κ3) is 5.39. The smallest absolute Gasteiger partial charge is 0.294 e. The number of fused-ring (bicyclic) bond motifs is 1. The number of carbonyl (C=O) groups is 2. The van der Waals surface area contributed by atoms with E-state index in [0.29, 0.717) is 5.69 Å². The Morgan fingerprint density at radius 1 is 1.17 bits per heavy atom. The molecule has 2 atom stereocenters.